The van der Waals surface area contributed by atoms with Crippen molar-refractivity contribution in [3.05, 3.63) is 51.7 Å². The quantitative estimate of drug-likeness (QED) is 0.889. The van der Waals surface area contributed by atoms with Gasteiger partial charge in [-0.05, 0) is 38.1 Å². The first-order valence-electron chi connectivity index (χ1n) is 6.71. The van der Waals surface area contributed by atoms with Gasteiger partial charge in [-0.2, -0.15) is 5.26 Å². The third-order valence-corrected chi connectivity index (χ3v) is 3.73. The van der Waals surface area contributed by atoms with Crippen molar-refractivity contribution in [1.29, 1.82) is 5.26 Å². The number of nitrogens with one attached hydrogen (secondary N) is 2. The Morgan fingerprint density at radius 1 is 1.38 bits per heavy atom. The van der Waals surface area contributed by atoms with Crippen LogP contribution in [0.3, 0.4) is 0 Å². The summed E-state index contributed by atoms with van der Waals surface area (Å²) in [6.45, 7) is 4.51. The normalized spacial score (nSPS) is 10.2. The Morgan fingerprint density at radius 3 is 2.86 bits per heavy atom. The molecule has 0 saturated carbocycles. The fourth-order valence-corrected chi connectivity index (χ4v) is 2.59. The van der Waals surface area contributed by atoms with Crippen LogP contribution in [0.1, 0.15) is 34.6 Å². The van der Waals surface area contributed by atoms with Crippen LogP contribution in [0, 0.1) is 11.3 Å². The molecule has 0 unspecified atom stereocenters. The number of carbonyl (C=O) groups is 1. The molecule has 0 aliphatic rings. The van der Waals surface area contributed by atoms with E-state index >= 15 is 0 Å². The van der Waals surface area contributed by atoms with Gasteiger partial charge in [-0.15, -0.1) is 11.3 Å². The Bertz CT molecular complexity index is 670. The summed E-state index contributed by atoms with van der Waals surface area (Å²) in [7, 11) is 0. The number of carbonyl (C=O) groups excluding carboxylic acids is 1. The van der Waals surface area contributed by atoms with Gasteiger partial charge in [0.25, 0.3) is 5.91 Å². The number of amides is 1. The zero-order valence-electron chi connectivity index (χ0n) is 12.0. The molecule has 0 radical (unpaired) electrons. The summed E-state index contributed by atoms with van der Waals surface area (Å²) in [6.07, 6.45) is 0. The molecule has 0 bridgehead atoms. The zero-order chi connectivity index (χ0) is 15.2. The summed E-state index contributed by atoms with van der Waals surface area (Å²) in [4.78, 5) is 13.0. The highest BCUT2D eigenvalue weighted by atomic mass is 32.1. The lowest BCUT2D eigenvalue weighted by Crippen LogP contribution is -2.30. The van der Waals surface area contributed by atoms with E-state index in [2.05, 4.69) is 16.7 Å². The summed E-state index contributed by atoms with van der Waals surface area (Å²) >= 11 is 1.55. The molecule has 0 spiro atoms. The van der Waals surface area contributed by atoms with Gasteiger partial charge >= 0.3 is 0 Å². The van der Waals surface area contributed by atoms with Gasteiger partial charge in [0, 0.05) is 34.1 Å². The van der Waals surface area contributed by atoms with E-state index in [-0.39, 0.29) is 11.9 Å². The van der Waals surface area contributed by atoms with Gasteiger partial charge in [0.05, 0.1) is 5.56 Å². The molecular weight excluding hydrogens is 282 g/mol. The van der Waals surface area contributed by atoms with Crippen molar-refractivity contribution in [3.8, 4) is 6.07 Å². The summed E-state index contributed by atoms with van der Waals surface area (Å²) < 4.78 is 0. The summed E-state index contributed by atoms with van der Waals surface area (Å²) in [5, 5.41) is 16.8. The van der Waals surface area contributed by atoms with Gasteiger partial charge < -0.3 is 10.6 Å². The van der Waals surface area contributed by atoms with Crippen LogP contribution >= 0.6 is 11.3 Å². The molecule has 21 heavy (non-hydrogen) atoms. The molecule has 5 heteroatoms. The minimum atomic E-state index is -0.0726. The lowest BCUT2D eigenvalue weighted by atomic mass is 10.1. The fraction of sp³-hybridized carbons (Fsp3) is 0.250. The largest absolute Gasteiger partial charge is 0.380 e. The molecule has 1 aromatic carbocycles. The summed E-state index contributed by atoms with van der Waals surface area (Å²) in [5.74, 6) is -0.0726. The third kappa shape index (κ3) is 4.33. The molecule has 1 amide bonds. The summed E-state index contributed by atoms with van der Waals surface area (Å²) in [6, 6.07) is 11.5. The molecule has 0 fully saturated rings. The Morgan fingerprint density at radius 2 is 2.19 bits per heavy atom. The second-order valence-corrected chi connectivity index (χ2v) is 5.97. The Labute approximate surface area is 128 Å². The maximum Gasteiger partial charge on any atom is 0.251 e. The predicted molar refractivity (Wildman–Crippen MR) is 85.4 cm³/mol. The van der Waals surface area contributed by atoms with Crippen LogP contribution in [0.25, 0.3) is 0 Å². The number of benzene rings is 1. The molecule has 4 nitrogen and oxygen atoms in total. The van der Waals surface area contributed by atoms with E-state index in [0.29, 0.717) is 17.7 Å². The van der Waals surface area contributed by atoms with E-state index in [1.807, 2.05) is 43.5 Å². The van der Waals surface area contributed by atoms with Gasteiger partial charge in [0.2, 0.25) is 0 Å². The van der Waals surface area contributed by atoms with E-state index < -0.39 is 0 Å². The van der Waals surface area contributed by atoms with Gasteiger partial charge in [-0.1, -0.05) is 6.07 Å². The Kier molecular flexibility index (Phi) is 4.96. The number of thiophene rings is 1. The maximum absolute atomic E-state index is 12.0. The van der Waals surface area contributed by atoms with Crippen LogP contribution in [0.15, 0.2) is 35.7 Å². The molecule has 108 valence electrons. The summed E-state index contributed by atoms with van der Waals surface area (Å²) in [5.41, 5.74) is 2.21. The monoisotopic (exact) mass is 299 g/mol. The first-order valence-corrected chi connectivity index (χ1v) is 7.59. The van der Waals surface area contributed by atoms with Gasteiger partial charge in [-0.3, -0.25) is 4.79 Å². The van der Waals surface area contributed by atoms with Crippen LogP contribution in [0.4, 0.5) is 5.69 Å². The topological polar surface area (TPSA) is 64.9 Å². The van der Waals surface area contributed by atoms with Gasteiger partial charge in [0.1, 0.15) is 6.07 Å². The number of nitrogens with zero attached hydrogens (tertiary/aromatic N) is 1. The lowest BCUT2D eigenvalue weighted by molar-refractivity contribution is 0.0943. The molecule has 2 aromatic rings. The molecule has 2 rings (SSSR count). The van der Waals surface area contributed by atoms with E-state index in [9.17, 15) is 4.79 Å². The van der Waals surface area contributed by atoms with Crippen molar-refractivity contribution in [1.82, 2.24) is 5.32 Å². The first kappa shape index (κ1) is 15.1. The van der Waals surface area contributed by atoms with Crippen molar-refractivity contribution < 1.29 is 4.79 Å². The average molecular weight is 299 g/mol. The van der Waals surface area contributed by atoms with Crippen LogP contribution in [-0.2, 0) is 6.54 Å². The standard InChI is InChI=1S/C16H17N3OS/c1-11(2)19-16(20)13-4-3-5-14(7-13)18-9-15-6-12(8-17)10-21-15/h3-7,10-11,18H,9H2,1-2H3,(H,19,20). The minimum Gasteiger partial charge on any atom is -0.380 e. The molecule has 0 saturated heterocycles. The van der Waals surface area contributed by atoms with Crippen LogP contribution < -0.4 is 10.6 Å². The van der Waals surface area contributed by atoms with E-state index in [1.54, 1.807) is 17.4 Å². The van der Waals surface area contributed by atoms with Crippen molar-refractivity contribution >= 4 is 22.9 Å². The highest BCUT2D eigenvalue weighted by Crippen LogP contribution is 2.17. The molecule has 2 N–H and O–H groups in total. The first-order chi connectivity index (χ1) is 10.1. The molecule has 0 atom stereocenters. The fourth-order valence-electron chi connectivity index (χ4n) is 1.84. The van der Waals surface area contributed by atoms with Crippen molar-refractivity contribution in [2.45, 2.75) is 26.4 Å². The highest BCUT2D eigenvalue weighted by molar-refractivity contribution is 7.10. The lowest BCUT2D eigenvalue weighted by Gasteiger charge is -2.10. The average Bonchev–Trinajstić information content (AvgIpc) is 2.93. The van der Waals surface area contributed by atoms with E-state index in [0.717, 1.165) is 10.6 Å². The molecule has 1 aromatic heterocycles. The minimum absolute atomic E-state index is 0.0726. The van der Waals surface area contributed by atoms with Crippen molar-refractivity contribution in [3.63, 3.8) is 0 Å². The van der Waals surface area contributed by atoms with E-state index in [1.165, 1.54) is 0 Å². The van der Waals surface area contributed by atoms with Crippen molar-refractivity contribution in [2.75, 3.05) is 5.32 Å². The third-order valence-electron chi connectivity index (χ3n) is 2.79. The number of rotatable bonds is 5. The van der Waals surface area contributed by atoms with E-state index in [4.69, 9.17) is 5.26 Å². The number of hydrogen-bond acceptors (Lipinski definition) is 4. The van der Waals surface area contributed by atoms with Crippen molar-refractivity contribution in [2.24, 2.45) is 0 Å². The molecule has 0 aliphatic carbocycles. The zero-order valence-corrected chi connectivity index (χ0v) is 12.8. The number of nitriles is 1. The number of anilines is 1. The SMILES string of the molecule is CC(C)NC(=O)c1cccc(NCc2cc(C#N)cs2)c1. The molecule has 1 heterocycles. The molecule has 0 aliphatic heterocycles. The Hall–Kier alpha value is -2.32. The second-order valence-electron chi connectivity index (χ2n) is 4.98. The highest BCUT2D eigenvalue weighted by Gasteiger charge is 2.07. The predicted octanol–water partition coefficient (Wildman–Crippen LogP) is 3.37. The smallest absolute Gasteiger partial charge is 0.251 e. The van der Waals surface area contributed by atoms with Gasteiger partial charge in [-0.25, -0.2) is 0 Å². The maximum atomic E-state index is 12.0. The van der Waals surface area contributed by atoms with Crippen LogP contribution in [0.2, 0.25) is 0 Å². The van der Waals surface area contributed by atoms with Crippen LogP contribution in [-0.4, -0.2) is 11.9 Å². The van der Waals surface area contributed by atoms with Crippen LogP contribution in [0.5, 0.6) is 0 Å². The molecular formula is C16H17N3OS. The Balaban J connectivity index is 2.01. The van der Waals surface area contributed by atoms with Gasteiger partial charge in [0.15, 0.2) is 0 Å². The number of hydrogen-bond donors (Lipinski definition) is 2. The second kappa shape index (κ2) is 6.91.